The second-order valence-corrected chi connectivity index (χ2v) is 5.32. The Morgan fingerprint density at radius 2 is 1.92 bits per heavy atom. The van der Waals surface area contributed by atoms with Gasteiger partial charge in [-0.3, -0.25) is 0 Å². The molecule has 0 spiro atoms. The van der Waals surface area contributed by atoms with Gasteiger partial charge in [0.2, 0.25) is 0 Å². The molecule has 0 aromatic heterocycles. The van der Waals surface area contributed by atoms with E-state index in [1.807, 2.05) is 0 Å². The van der Waals surface area contributed by atoms with Gasteiger partial charge in [-0.15, -0.1) is 0 Å². The van der Waals surface area contributed by atoms with Crippen molar-refractivity contribution in [3.63, 3.8) is 0 Å². The largest absolute Gasteiger partial charge is 0.316 e. The van der Waals surface area contributed by atoms with Crippen LogP contribution in [-0.4, -0.2) is 13.1 Å². The van der Waals surface area contributed by atoms with Crippen LogP contribution in [0.4, 0.5) is 0 Å². The van der Waals surface area contributed by atoms with E-state index in [1.54, 1.807) is 0 Å². The molecule has 0 radical (unpaired) electrons. The number of hydrogen-bond donors (Lipinski definition) is 1. The van der Waals surface area contributed by atoms with Crippen LogP contribution in [0.5, 0.6) is 0 Å². The summed E-state index contributed by atoms with van der Waals surface area (Å²) in [5.41, 5.74) is 0.444. The zero-order valence-corrected chi connectivity index (χ0v) is 8.82. The highest BCUT2D eigenvalue weighted by molar-refractivity contribution is 4.73. The summed E-state index contributed by atoms with van der Waals surface area (Å²) in [6.45, 7) is 9.20. The molecule has 0 bridgehead atoms. The molecule has 0 unspecified atom stereocenters. The first-order valence-electron chi connectivity index (χ1n) is 5.29. The summed E-state index contributed by atoms with van der Waals surface area (Å²) >= 11 is 0. The summed E-state index contributed by atoms with van der Waals surface area (Å²) in [6.07, 6.45) is 5.83. The molecule has 1 heteroatoms. The zero-order chi connectivity index (χ0) is 9.03. The Morgan fingerprint density at radius 1 is 1.25 bits per heavy atom. The first-order chi connectivity index (χ1) is 5.58. The number of hydrogen-bond acceptors (Lipinski definition) is 1. The summed E-state index contributed by atoms with van der Waals surface area (Å²) in [5, 5.41) is 3.51. The van der Waals surface area contributed by atoms with Gasteiger partial charge in [0.15, 0.2) is 0 Å². The Balaban J connectivity index is 1.82. The molecule has 0 aliphatic heterocycles. The minimum absolute atomic E-state index is 0.444. The van der Waals surface area contributed by atoms with Gasteiger partial charge in [0.1, 0.15) is 0 Å². The first kappa shape index (κ1) is 10.0. The highest BCUT2D eigenvalue weighted by Crippen LogP contribution is 2.33. The Labute approximate surface area is 76.9 Å². The van der Waals surface area contributed by atoms with Crippen molar-refractivity contribution in [1.82, 2.24) is 5.32 Å². The number of rotatable bonds is 5. The lowest BCUT2D eigenvalue weighted by Gasteiger charge is -2.18. The fraction of sp³-hybridized carbons (Fsp3) is 1.00. The molecule has 72 valence electrons. The van der Waals surface area contributed by atoms with Crippen molar-refractivity contribution in [2.24, 2.45) is 11.3 Å². The van der Waals surface area contributed by atoms with E-state index in [9.17, 15) is 0 Å². The minimum atomic E-state index is 0.444. The molecule has 12 heavy (non-hydrogen) atoms. The summed E-state index contributed by atoms with van der Waals surface area (Å²) < 4.78 is 0. The molecule has 0 heterocycles. The molecular weight excluding hydrogens is 146 g/mol. The second-order valence-electron chi connectivity index (χ2n) is 5.32. The fourth-order valence-electron chi connectivity index (χ4n) is 1.39. The van der Waals surface area contributed by atoms with Gasteiger partial charge in [-0.05, 0) is 37.3 Å². The Bertz CT molecular complexity index is 119. The van der Waals surface area contributed by atoms with Crippen LogP contribution in [0.15, 0.2) is 0 Å². The molecular formula is C11H23N. The van der Waals surface area contributed by atoms with Crippen molar-refractivity contribution in [3.05, 3.63) is 0 Å². The Kier molecular flexibility index (Phi) is 3.57. The molecule has 0 saturated heterocycles. The van der Waals surface area contributed by atoms with Gasteiger partial charge >= 0.3 is 0 Å². The van der Waals surface area contributed by atoms with Crippen LogP contribution in [-0.2, 0) is 0 Å². The predicted molar refractivity (Wildman–Crippen MR) is 54.3 cm³/mol. The monoisotopic (exact) mass is 169 g/mol. The van der Waals surface area contributed by atoms with Crippen LogP contribution in [0.25, 0.3) is 0 Å². The van der Waals surface area contributed by atoms with Crippen molar-refractivity contribution in [2.75, 3.05) is 13.1 Å². The van der Waals surface area contributed by atoms with Crippen molar-refractivity contribution < 1.29 is 0 Å². The molecule has 1 saturated carbocycles. The van der Waals surface area contributed by atoms with Crippen molar-refractivity contribution in [2.45, 2.75) is 46.5 Å². The first-order valence-corrected chi connectivity index (χ1v) is 5.29. The van der Waals surface area contributed by atoms with Gasteiger partial charge in [-0.1, -0.05) is 33.6 Å². The molecule has 0 atom stereocenters. The van der Waals surface area contributed by atoms with Gasteiger partial charge in [0, 0.05) is 0 Å². The fourth-order valence-corrected chi connectivity index (χ4v) is 1.39. The van der Waals surface area contributed by atoms with Crippen LogP contribution in [0.2, 0.25) is 0 Å². The second kappa shape index (κ2) is 4.27. The third-order valence-corrected chi connectivity index (χ3v) is 2.32. The quantitative estimate of drug-likeness (QED) is 0.624. The van der Waals surface area contributed by atoms with Crippen LogP contribution in [0.3, 0.4) is 0 Å². The molecule has 0 aromatic carbocycles. The molecule has 1 N–H and O–H groups in total. The maximum atomic E-state index is 3.51. The summed E-state index contributed by atoms with van der Waals surface area (Å²) in [4.78, 5) is 0. The SMILES string of the molecule is CC(C)(C)CNCCCC1CC1. The van der Waals surface area contributed by atoms with Gasteiger partial charge < -0.3 is 5.32 Å². The standard InChI is InChI=1S/C11H23N/c1-11(2,3)9-12-8-4-5-10-6-7-10/h10,12H,4-9H2,1-3H3. The Morgan fingerprint density at radius 3 is 2.42 bits per heavy atom. The third kappa shape index (κ3) is 5.59. The summed E-state index contributed by atoms with van der Waals surface area (Å²) in [5.74, 6) is 1.10. The van der Waals surface area contributed by atoms with E-state index in [2.05, 4.69) is 26.1 Å². The molecule has 0 aromatic rings. The maximum absolute atomic E-state index is 3.51. The van der Waals surface area contributed by atoms with Crippen LogP contribution < -0.4 is 5.32 Å². The van der Waals surface area contributed by atoms with E-state index >= 15 is 0 Å². The normalized spacial score (nSPS) is 18.2. The summed E-state index contributed by atoms with van der Waals surface area (Å²) in [6, 6.07) is 0. The smallest absolute Gasteiger partial charge is 0.0000126 e. The average Bonchev–Trinajstić information content (AvgIpc) is 2.68. The summed E-state index contributed by atoms with van der Waals surface area (Å²) in [7, 11) is 0. The molecule has 1 aliphatic rings. The van der Waals surface area contributed by atoms with Gasteiger partial charge in [-0.25, -0.2) is 0 Å². The highest BCUT2D eigenvalue weighted by atomic mass is 14.9. The molecule has 1 nitrogen and oxygen atoms in total. The van der Waals surface area contributed by atoms with Crippen LogP contribution in [0, 0.1) is 11.3 Å². The van der Waals surface area contributed by atoms with E-state index in [0.717, 1.165) is 12.5 Å². The topological polar surface area (TPSA) is 12.0 Å². The third-order valence-electron chi connectivity index (χ3n) is 2.32. The van der Waals surface area contributed by atoms with E-state index < -0.39 is 0 Å². The zero-order valence-electron chi connectivity index (χ0n) is 8.82. The Hall–Kier alpha value is -0.0400. The molecule has 1 rings (SSSR count). The van der Waals surface area contributed by atoms with Gasteiger partial charge in [0.25, 0.3) is 0 Å². The maximum Gasteiger partial charge on any atom is -0.0000126 e. The lowest BCUT2D eigenvalue weighted by Crippen LogP contribution is -2.27. The average molecular weight is 169 g/mol. The van der Waals surface area contributed by atoms with Crippen molar-refractivity contribution in [3.8, 4) is 0 Å². The van der Waals surface area contributed by atoms with E-state index in [1.165, 1.54) is 32.2 Å². The number of nitrogens with one attached hydrogen (secondary N) is 1. The van der Waals surface area contributed by atoms with Gasteiger partial charge in [0.05, 0.1) is 0 Å². The van der Waals surface area contributed by atoms with E-state index in [-0.39, 0.29) is 0 Å². The molecule has 1 aliphatic carbocycles. The molecule has 0 amide bonds. The lowest BCUT2D eigenvalue weighted by molar-refractivity contribution is 0.377. The highest BCUT2D eigenvalue weighted by Gasteiger charge is 2.19. The predicted octanol–water partition coefficient (Wildman–Crippen LogP) is 2.81. The minimum Gasteiger partial charge on any atom is -0.316 e. The van der Waals surface area contributed by atoms with Crippen LogP contribution in [0.1, 0.15) is 46.5 Å². The lowest BCUT2D eigenvalue weighted by atomic mass is 9.97. The van der Waals surface area contributed by atoms with E-state index in [4.69, 9.17) is 0 Å². The van der Waals surface area contributed by atoms with Crippen molar-refractivity contribution >= 4 is 0 Å². The van der Waals surface area contributed by atoms with Gasteiger partial charge in [-0.2, -0.15) is 0 Å². The van der Waals surface area contributed by atoms with E-state index in [0.29, 0.717) is 5.41 Å². The van der Waals surface area contributed by atoms with Crippen molar-refractivity contribution in [1.29, 1.82) is 0 Å². The van der Waals surface area contributed by atoms with Crippen LogP contribution >= 0.6 is 0 Å². The molecule has 1 fully saturated rings.